The molecule has 3 aromatic rings. The first kappa shape index (κ1) is 25.9. The fourth-order valence-corrected chi connectivity index (χ4v) is 7.03. The van der Waals surface area contributed by atoms with E-state index in [1.165, 1.54) is 30.0 Å². The molecular weight excluding hydrogens is 472 g/mol. The van der Waals surface area contributed by atoms with Gasteiger partial charge in [-0.15, -0.1) is 0 Å². The topological polar surface area (TPSA) is 41.5 Å². The van der Waals surface area contributed by atoms with E-state index < -0.39 is 8.32 Å². The van der Waals surface area contributed by atoms with Crippen LogP contribution in [0.25, 0.3) is 22.0 Å². The minimum absolute atomic E-state index is 0.306. The monoisotopic (exact) mass is 512 g/mol. The third-order valence-electron chi connectivity index (χ3n) is 7.48. The molecule has 1 aromatic carbocycles. The van der Waals surface area contributed by atoms with Gasteiger partial charge in [-0.2, -0.15) is 0 Å². The van der Waals surface area contributed by atoms with E-state index in [9.17, 15) is 0 Å². The van der Waals surface area contributed by atoms with E-state index in [-0.39, 0.29) is 5.60 Å². The maximum atomic E-state index is 6.63. The number of anilines is 1. The zero-order chi connectivity index (χ0) is 25.9. The largest absolute Gasteiger partial charge is 0.402 e. The summed E-state index contributed by atoms with van der Waals surface area (Å²) in [6.07, 6.45) is 7.63. The Balaban J connectivity index is 1.42. The van der Waals surface area contributed by atoms with Crippen molar-refractivity contribution in [2.75, 3.05) is 37.6 Å². The summed E-state index contributed by atoms with van der Waals surface area (Å²) in [4.78, 5) is 14.8. The number of piperazine rings is 1. The van der Waals surface area contributed by atoms with E-state index >= 15 is 0 Å². The van der Waals surface area contributed by atoms with Crippen LogP contribution in [0.4, 0.5) is 5.82 Å². The van der Waals surface area contributed by atoms with Gasteiger partial charge in [-0.1, -0.05) is 43.5 Å². The number of pyridine rings is 2. The Bertz CT molecular complexity index is 1270. The molecule has 0 atom stereocenters. The van der Waals surface area contributed by atoms with Crippen molar-refractivity contribution in [3.63, 3.8) is 0 Å². The molecule has 1 aliphatic heterocycles. The van der Waals surface area contributed by atoms with Crippen LogP contribution < -0.4 is 4.90 Å². The fourth-order valence-electron chi connectivity index (χ4n) is 5.60. The van der Waals surface area contributed by atoms with Crippen molar-refractivity contribution in [3.8, 4) is 23.1 Å². The number of rotatable bonds is 5. The molecule has 2 aromatic heterocycles. The molecule has 0 unspecified atom stereocenters. The number of aromatic nitrogens is 2. The second kappa shape index (κ2) is 10.9. The number of fused-ring (bicyclic) bond motifs is 1. The zero-order valence-corrected chi connectivity index (χ0v) is 23.9. The van der Waals surface area contributed by atoms with Gasteiger partial charge in [-0.05, 0) is 81.4 Å². The summed E-state index contributed by atoms with van der Waals surface area (Å²) in [7, 11) is -1.69. The molecule has 0 radical (unpaired) electrons. The highest BCUT2D eigenvalue weighted by Gasteiger charge is 2.35. The number of benzene rings is 1. The van der Waals surface area contributed by atoms with Gasteiger partial charge in [0.2, 0.25) is 0 Å². The lowest BCUT2D eigenvalue weighted by Gasteiger charge is -2.38. The average Bonchev–Trinajstić information content (AvgIpc) is 2.91. The van der Waals surface area contributed by atoms with Gasteiger partial charge in [-0.3, -0.25) is 0 Å². The number of likely N-dealkylation sites (N-methyl/N-ethyl adjacent to an activating group) is 1. The van der Waals surface area contributed by atoms with E-state index in [2.05, 4.69) is 84.6 Å². The van der Waals surface area contributed by atoms with Crippen molar-refractivity contribution in [3.05, 3.63) is 54.4 Å². The van der Waals surface area contributed by atoms with Crippen LogP contribution in [0.15, 0.2) is 48.7 Å². The van der Waals surface area contributed by atoms with Gasteiger partial charge in [0.1, 0.15) is 17.1 Å². The molecule has 2 aliphatic rings. The van der Waals surface area contributed by atoms with Gasteiger partial charge in [0.05, 0.1) is 5.69 Å². The van der Waals surface area contributed by atoms with Gasteiger partial charge in [-0.25, -0.2) is 9.97 Å². The lowest BCUT2D eigenvalue weighted by atomic mass is 9.85. The molecule has 1 aliphatic carbocycles. The molecule has 194 valence electrons. The first-order valence-corrected chi connectivity index (χ1v) is 17.3. The molecule has 1 saturated heterocycles. The number of hydrogen-bond acceptors (Lipinski definition) is 5. The Morgan fingerprint density at radius 1 is 0.973 bits per heavy atom. The quantitative estimate of drug-likeness (QED) is 0.295. The molecule has 0 N–H and O–H groups in total. The Morgan fingerprint density at radius 3 is 2.41 bits per heavy atom. The van der Waals surface area contributed by atoms with Crippen LogP contribution in [0.1, 0.15) is 44.7 Å². The second-order valence-corrected chi connectivity index (χ2v) is 15.9. The van der Waals surface area contributed by atoms with Gasteiger partial charge in [0.15, 0.2) is 8.32 Å². The fraction of sp³-hybridized carbons (Fsp3) is 0.484. The molecule has 3 heterocycles. The molecule has 0 amide bonds. The molecule has 5 rings (SSSR count). The summed E-state index contributed by atoms with van der Waals surface area (Å²) in [6.45, 7) is 14.3. The Labute approximate surface area is 223 Å². The Morgan fingerprint density at radius 2 is 1.73 bits per heavy atom. The molecule has 0 bridgehead atoms. The van der Waals surface area contributed by atoms with E-state index in [1.54, 1.807) is 0 Å². The van der Waals surface area contributed by atoms with Crippen LogP contribution in [0.2, 0.25) is 19.6 Å². The van der Waals surface area contributed by atoms with E-state index in [1.807, 2.05) is 12.3 Å². The Kier molecular flexibility index (Phi) is 7.66. The minimum atomic E-state index is -1.69. The summed E-state index contributed by atoms with van der Waals surface area (Å²) >= 11 is 0. The highest BCUT2D eigenvalue weighted by Crippen LogP contribution is 2.34. The lowest BCUT2D eigenvalue weighted by Crippen LogP contribution is -2.46. The first-order valence-electron chi connectivity index (χ1n) is 13.9. The summed E-state index contributed by atoms with van der Waals surface area (Å²) in [5, 5.41) is 2.43. The van der Waals surface area contributed by atoms with Gasteiger partial charge >= 0.3 is 0 Å². The predicted molar refractivity (Wildman–Crippen MR) is 156 cm³/mol. The smallest absolute Gasteiger partial charge is 0.185 e. The van der Waals surface area contributed by atoms with Crippen molar-refractivity contribution >= 4 is 24.9 Å². The highest BCUT2D eigenvalue weighted by atomic mass is 28.4. The average molecular weight is 513 g/mol. The van der Waals surface area contributed by atoms with Gasteiger partial charge in [0.25, 0.3) is 0 Å². The molecular formula is C31H40N4OSi. The normalized spacial score (nSPS) is 18.4. The number of hydrogen-bond donors (Lipinski definition) is 0. The second-order valence-electron chi connectivity index (χ2n) is 11.4. The standard InChI is InChI=1S/C31H40N4OSi/c1-5-34-19-21-35(22-20-34)30-28-12-8-7-11-25(28)23-29(33-30)26-13-14-27(32-24-26)15-18-31(36-37(2,3)4)16-9-6-10-17-31/h7-8,11-14,23-24H,5-6,9-10,16-17,19-22H2,1-4H3. The Hall–Kier alpha value is -2.72. The van der Waals surface area contributed by atoms with Crippen molar-refractivity contribution in [2.45, 2.75) is 64.3 Å². The molecule has 0 spiro atoms. The van der Waals surface area contributed by atoms with Crippen molar-refractivity contribution in [2.24, 2.45) is 0 Å². The van der Waals surface area contributed by atoms with E-state index in [0.29, 0.717) is 0 Å². The third-order valence-corrected chi connectivity index (χ3v) is 8.48. The summed E-state index contributed by atoms with van der Waals surface area (Å²) in [6, 6.07) is 14.9. The predicted octanol–water partition coefficient (Wildman–Crippen LogP) is 6.34. The molecule has 2 fully saturated rings. The van der Waals surface area contributed by atoms with Crippen molar-refractivity contribution in [1.82, 2.24) is 14.9 Å². The first-order chi connectivity index (χ1) is 17.8. The van der Waals surface area contributed by atoms with Crippen LogP contribution in [0.5, 0.6) is 0 Å². The molecule has 37 heavy (non-hydrogen) atoms. The van der Waals surface area contributed by atoms with Crippen LogP contribution in [0.3, 0.4) is 0 Å². The van der Waals surface area contributed by atoms with Crippen LogP contribution in [0, 0.1) is 11.8 Å². The summed E-state index contributed by atoms with van der Waals surface area (Å²) < 4.78 is 6.63. The van der Waals surface area contributed by atoms with Gasteiger partial charge in [0, 0.05) is 43.3 Å². The van der Waals surface area contributed by atoms with Crippen molar-refractivity contribution < 1.29 is 4.43 Å². The molecule has 1 saturated carbocycles. The maximum absolute atomic E-state index is 6.63. The zero-order valence-electron chi connectivity index (χ0n) is 22.9. The van der Waals surface area contributed by atoms with Crippen LogP contribution in [-0.2, 0) is 4.43 Å². The van der Waals surface area contributed by atoms with Crippen LogP contribution >= 0.6 is 0 Å². The third kappa shape index (κ3) is 6.23. The molecule has 5 nitrogen and oxygen atoms in total. The van der Waals surface area contributed by atoms with Crippen molar-refractivity contribution in [1.29, 1.82) is 0 Å². The summed E-state index contributed by atoms with van der Waals surface area (Å²) in [5.41, 5.74) is 2.48. The van der Waals surface area contributed by atoms with E-state index in [0.717, 1.165) is 68.3 Å². The maximum Gasteiger partial charge on any atom is 0.185 e. The minimum Gasteiger partial charge on any atom is -0.402 e. The molecule has 6 heteroatoms. The summed E-state index contributed by atoms with van der Waals surface area (Å²) in [5.74, 6) is 7.97. The number of nitrogens with zero attached hydrogens (tertiary/aromatic N) is 4. The van der Waals surface area contributed by atoms with Crippen LogP contribution in [-0.4, -0.2) is 61.5 Å². The van der Waals surface area contributed by atoms with Gasteiger partial charge < -0.3 is 14.2 Å². The SMILES string of the molecule is CCN1CCN(c2nc(-c3ccc(C#CC4(O[Si](C)(C)C)CCCCC4)nc3)cc3ccccc23)CC1. The van der Waals surface area contributed by atoms with E-state index in [4.69, 9.17) is 14.4 Å². The highest BCUT2D eigenvalue weighted by molar-refractivity contribution is 6.69. The lowest BCUT2D eigenvalue weighted by molar-refractivity contribution is 0.0796.